The van der Waals surface area contributed by atoms with Crippen LogP contribution in [0.5, 0.6) is 11.5 Å². The quantitative estimate of drug-likeness (QED) is 0.311. The molecule has 0 unspecified atom stereocenters. The number of hydrogen-bond acceptors (Lipinski definition) is 5. The molecular weight excluding hydrogens is 262 g/mol. The zero-order valence-corrected chi connectivity index (χ0v) is 10.7. The van der Waals surface area contributed by atoms with Crippen LogP contribution in [0.15, 0.2) is 23.1 Å². The van der Waals surface area contributed by atoms with Gasteiger partial charge in [-0.25, -0.2) is 8.42 Å². The number of aromatic hydroxyl groups is 2. The van der Waals surface area contributed by atoms with Gasteiger partial charge in [0.15, 0.2) is 0 Å². The Morgan fingerprint density at radius 1 is 1.21 bits per heavy atom. The van der Waals surface area contributed by atoms with E-state index in [4.69, 9.17) is 10.2 Å². The molecule has 0 amide bonds. The van der Waals surface area contributed by atoms with Crippen LogP contribution in [-0.2, 0) is 10.1 Å². The third-order valence-electron chi connectivity index (χ3n) is 1.21. The van der Waals surface area contributed by atoms with Gasteiger partial charge in [-0.1, -0.05) is 0 Å². The van der Waals surface area contributed by atoms with E-state index in [0.717, 1.165) is 12.1 Å². The molecule has 0 aromatic heterocycles. The van der Waals surface area contributed by atoms with Crippen LogP contribution in [0.3, 0.4) is 0 Å². The van der Waals surface area contributed by atoms with Crippen LogP contribution < -0.4 is 51.4 Å². The molecule has 2 N–H and O–H groups in total. The summed E-state index contributed by atoms with van der Waals surface area (Å²) in [5.74, 6) is -1.05. The van der Waals surface area contributed by atoms with Gasteiger partial charge < -0.3 is 14.8 Å². The molecule has 1 aromatic rings. The predicted octanol–water partition coefficient (Wildman–Crippen LogP) is -3.64. The van der Waals surface area contributed by atoms with E-state index in [1.54, 1.807) is 0 Å². The molecule has 0 aliphatic carbocycles. The van der Waals surface area contributed by atoms with Crippen molar-refractivity contribution in [1.82, 2.24) is 0 Å². The minimum absolute atomic E-state index is 0. The first kappa shape index (κ1) is 18.4. The van der Waals surface area contributed by atoms with Crippen molar-refractivity contribution in [1.29, 1.82) is 0 Å². The van der Waals surface area contributed by atoms with Gasteiger partial charge in [0.2, 0.25) is 0 Å². The fraction of sp³-hybridized carbons (Fsp3) is 0. The molecule has 1 aromatic carbocycles. The van der Waals surface area contributed by atoms with Crippen molar-refractivity contribution >= 4 is 61.5 Å². The van der Waals surface area contributed by atoms with Gasteiger partial charge in [-0.15, -0.1) is 0 Å². The van der Waals surface area contributed by atoms with Gasteiger partial charge in [0.1, 0.15) is 21.6 Å². The molecule has 68 valence electrons. The van der Waals surface area contributed by atoms with Crippen LogP contribution in [0.25, 0.3) is 0 Å². The van der Waals surface area contributed by atoms with E-state index in [9.17, 15) is 13.0 Å². The molecule has 0 saturated heterocycles. The molecule has 8 heteroatoms. The molecule has 14 heavy (non-hydrogen) atoms. The van der Waals surface area contributed by atoms with Crippen LogP contribution in [0, 0.1) is 0 Å². The average molecular weight is 268 g/mol. The van der Waals surface area contributed by atoms with Crippen LogP contribution in [0.4, 0.5) is 0 Å². The normalized spacial score (nSPS) is 9.79. The zero-order valence-electron chi connectivity index (χ0n) is 6.76. The van der Waals surface area contributed by atoms with Crippen molar-refractivity contribution in [2.24, 2.45) is 0 Å². The maximum atomic E-state index is 10.4. The Kier molecular flexibility index (Phi) is 9.65. The van der Waals surface area contributed by atoms with Crippen LogP contribution in [0.1, 0.15) is 0 Å². The van der Waals surface area contributed by atoms with Crippen molar-refractivity contribution in [2.45, 2.75) is 4.90 Å². The number of hydrogen-bond donors (Lipinski definition) is 2. The van der Waals surface area contributed by atoms with E-state index < -0.39 is 20.8 Å². The summed E-state index contributed by atoms with van der Waals surface area (Å²) in [5.41, 5.74) is 0. The molecule has 0 heterocycles. The van der Waals surface area contributed by atoms with E-state index in [-0.39, 0.29) is 109 Å². The standard InChI is InChI=1S/C6H6O5S.2K.H/c7-4-1-2-5(8)6(3-4)12(9,10)11;;;/h1-3,7-8H,(H,9,10,11);;;/q;;+1;/p-1. The van der Waals surface area contributed by atoms with E-state index in [2.05, 4.69) is 0 Å². The summed E-state index contributed by atoms with van der Waals surface area (Å²) in [6, 6.07) is 2.70. The Balaban J connectivity index is 0. The van der Waals surface area contributed by atoms with Gasteiger partial charge in [0.25, 0.3) is 0 Å². The number of rotatable bonds is 1. The van der Waals surface area contributed by atoms with E-state index in [1.165, 1.54) is 0 Å². The summed E-state index contributed by atoms with van der Waals surface area (Å²) >= 11 is 0. The van der Waals surface area contributed by atoms with Gasteiger partial charge in [-0.2, -0.15) is 0 Å². The maximum absolute atomic E-state index is 10.4. The van der Waals surface area contributed by atoms with Crippen molar-refractivity contribution in [3.05, 3.63) is 18.2 Å². The second-order valence-electron chi connectivity index (χ2n) is 2.11. The fourth-order valence-corrected chi connectivity index (χ4v) is 1.29. The fourth-order valence-electron chi connectivity index (χ4n) is 0.703. The van der Waals surface area contributed by atoms with Crippen LogP contribution in [0.2, 0.25) is 0 Å². The van der Waals surface area contributed by atoms with Crippen molar-refractivity contribution < 1.29 is 74.6 Å². The molecule has 5 nitrogen and oxygen atoms in total. The third-order valence-corrected chi connectivity index (χ3v) is 2.08. The Bertz CT molecular complexity index is 403. The Morgan fingerprint density at radius 2 is 1.71 bits per heavy atom. The first-order valence-corrected chi connectivity index (χ1v) is 4.30. The molecule has 0 saturated carbocycles. The van der Waals surface area contributed by atoms with Crippen LogP contribution >= 0.6 is 0 Å². The van der Waals surface area contributed by atoms with Gasteiger partial charge in [0.05, 0.1) is 4.90 Å². The summed E-state index contributed by atoms with van der Waals surface area (Å²) in [6.45, 7) is 0. The average Bonchev–Trinajstić information content (AvgIpc) is 1.92. The molecule has 0 atom stereocenters. The first-order chi connectivity index (χ1) is 5.41. The monoisotopic (exact) mass is 268 g/mol. The Hall–Kier alpha value is 2.00. The van der Waals surface area contributed by atoms with Gasteiger partial charge in [0, 0.05) is 6.07 Å². The topological polar surface area (TPSA) is 97.7 Å². The number of benzene rings is 1. The van der Waals surface area contributed by atoms with Crippen molar-refractivity contribution in [3.63, 3.8) is 0 Å². The van der Waals surface area contributed by atoms with Crippen molar-refractivity contribution in [3.8, 4) is 11.5 Å². The van der Waals surface area contributed by atoms with E-state index in [0.29, 0.717) is 6.07 Å². The van der Waals surface area contributed by atoms with Gasteiger partial charge in [-0.05, 0) is 12.1 Å². The van der Waals surface area contributed by atoms with Crippen LogP contribution in [-0.4, -0.2) is 74.6 Å². The molecular formula is C6H6K2O5S. The Labute approximate surface area is 166 Å². The van der Waals surface area contributed by atoms with E-state index >= 15 is 0 Å². The molecule has 0 bridgehead atoms. The number of phenols is 2. The van der Waals surface area contributed by atoms with E-state index in [1.807, 2.05) is 0 Å². The Morgan fingerprint density at radius 3 is 2.07 bits per heavy atom. The molecule has 0 radical (unpaired) electrons. The molecule has 0 aliphatic heterocycles. The summed E-state index contributed by atoms with van der Waals surface area (Å²) in [7, 11) is -4.72. The predicted molar refractivity (Wildman–Crippen MR) is 44.9 cm³/mol. The molecule has 0 fully saturated rings. The summed E-state index contributed by atoms with van der Waals surface area (Å²) < 4.78 is 31.1. The minimum atomic E-state index is -4.72. The van der Waals surface area contributed by atoms with Crippen molar-refractivity contribution in [2.75, 3.05) is 0 Å². The summed E-state index contributed by atoms with van der Waals surface area (Å²) in [6.07, 6.45) is 0. The summed E-state index contributed by atoms with van der Waals surface area (Å²) in [5, 5.41) is 17.7. The molecule has 0 aliphatic rings. The first-order valence-electron chi connectivity index (χ1n) is 2.89. The number of phenolic OH excluding ortho intramolecular Hbond substituents is 2. The molecule has 0 spiro atoms. The van der Waals surface area contributed by atoms with Gasteiger partial charge >= 0.3 is 103 Å². The molecule has 1 rings (SSSR count). The second kappa shape index (κ2) is 7.35. The van der Waals surface area contributed by atoms with Gasteiger partial charge in [-0.3, -0.25) is 0 Å². The second-order valence-corrected chi connectivity index (χ2v) is 3.45. The SMILES string of the molecule is O=S(=O)([O-])c1cc(O)ccc1O.[K+].[KH]. The third kappa shape index (κ3) is 5.37. The zero-order chi connectivity index (χ0) is 9.35. The summed E-state index contributed by atoms with van der Waals surface area (Å²) in [4.78, 5) is -0.817.